The number of allylic oxidation sites excluding steroid dienone is 2. The van der Waals surface area contributed by atoms with Crippen LogP contribution in [-0.2, 0) is 24.0 Å². The minimum Gasteiger partial charge on any atom is -0.477 e. The predicted octanol–water partition coefficient (Wildman–Crippen LogP) is 2.49. The number of benzene rings is 1. The van der Waals surface area contributed by atoms with Crippen LogP contribution in [0.3, 0.4) is 0 Å². The molecule has 4 N–H and O–H groups in total. The van der Waals surface area contributed by atoms with Crippen LogP contribution in [0.5, 0.6) is 0 Å². The summed E-state index contributed by atoms with van der Waals surface area (Å²) in [7, 11) is 0. The number of nitrogens with one attached hydrogen (secondary N) is 1. The molecule has 1 aromatic heterocycles. The molecule has 1 aliphatic carbocycles. The zero-order chi connectivity index (χ0) is 31.8. The van der Waals surface area contributed by atoms with Crippen molar-refractivity contribution < 1.29 is 34.0 Å². The maximum atomic E-state index is 13.3. The third-order valence-corrected chi connectivity index (χ3v) is 9.04. The van der Waals surface area contributed by atoms with Crippen molar-refractivity contribution in [1.29, 1.82) is 0 Å². The lowest BCUT2D eigenvalue weighted by molar-refractivity contribution is -0.384. The van der Waals surface area contributed by atoms with Crippen LogP contribution in [0.4, 0.5) is 16.5 Å². The largest absolute Gasteiger partial charge is 0.477 e. The molecule has 45 heavy (non-hydrogen) atoms. The quantitative estimate of drug-likeness (QED) is 0.120. The molecule has 2 atom stereocenters. The Labute approximate surface area is 260 Å². The van der Waals surface area contributed by atoms with E-state index in [1.807, 2.05) is 0 Å². The first-order chi connectivity index (χ1) is 21.6. The number of carboxylic acid groups (broad SMARTS) is 1. The molecule has 3 amide bonds. The van der Waals surface area contributed by atoms with Crippen LogP contribution < -0.4 is 16.0 Å². The van der Waals surface area contributed by atoms with E-state index in [1.54, 1.807) is 11.4 Å². The van der Waals surface area contributed by atoms with Crippen molar-refractivity contribution in [2.75, 3.05) is 17.2 Å². The van der Waals surface area contributed by atoms with E-state index in [1.165, 1.54) is 29.2 Å². The van der Waals surface area contributed by atoms with Crippen LogP contribution in [0, 0.1) is 10.1 Å². The summed E-state index contributed by atoms with van der Waals surface area (Å²) in [6.07, 6.45) is 5.88. The number of anilines is 2. The number of aromatic nitrogens is 1. The number of nitrogens with two attached hydrogens (primary N) is 1. The molecule has 1 saturated carbocycles. The Morgan fingerprint density at radius 2 is 2.00 bits per heavy atom. The Morgan fingerprint density at radius 3 is 2.69 bits per heavy atom. The van der Waals surface area contributed by atoms with Crippen molar-refractivity contribution in [2.45, 2.75) is 63.1 Å². The van der Waals surface area contributed by atoms with Gasteiger partial charge in [0.15, 0.2) is 10.8 Å². The third kappa shape index (κ3) is 5.75. The highest BCUT2D eigenvalue weighted by Crippen LogP contribution is 2.39. The molecule has 1 aromatic carbocycles. The standard InChI is InChI=1S/C29H29N7O8S/c30-29-31-20(14-45-29)22(33-44-19-6-1-2-7-19)25(37)32-23-21-9-8-15(24(28(40)41)35(21)27(23)39)12-16-10-11-34(26(16)38)17-4-3-5-18(13-17)36(42)43/h3-5,12-14,19,21,23H,1-2,6-11H2,(H2,30,31)(H,32,37)(H,40,41)/b16-12?,33-22-/t21-,23+/m1/s1. The summed E-state index contributed by atoms with van der Waals surface area (Å²) in [6, 6.07) is 4.11. The number of nitro groups is 1. The lowest BCUT2D eigenvalue weighted by Gasteiger charge is -2.50. The average molecular weight is 636 g/mol. The minimum atomic E-state index is -1.34. The van der Waals surface area contributed by atoms with Gasteiger partial charge in [-0.15, -0.1) is 11.3 Å². The zero-order valence-corrected chi connectivity index (χ0v) is 24.7. The van der Waals surface area contributed by atoms with Gasteiger partial charge in [-0.1, -0.05) is 11.2 Å². The molecular formula is C29H29N7O8S. The number of nitrogens with zero attached hydrogens (tertiary/aromatic N) is 5. The molecule has 0 unspecified atom stereocenters. The smallest absolute Gasteiger partial charge is 0.352 e. The van der Waals surface area contributed by atoms with Crippen LogP contribution in [0.2, 0.25) is 0 Å². The van der Waals surface area contributed by atoms with Crippen molar-refractivity contribution >= 4 is 57.2 Å². The third-order valence-electron chi connectivity index (χ3n) is 8.36. The SMILES string of the molecule is Nc1nc(/C(=N/OC2CCCC2)C(=O)N[C@@H]2C(=O)N3C(C(=O)O)=C(C=C4CCN(c5cccc([N+](=O)[O-])c5)C4=O)CC[C@H]23)cs1. The summed E-state index contributed by atoms with van der Waals surface area (Å²) < 4.78 is 0. The number of hydrogen-bond donors (Lipinski definition) is 3. The lowest BCUT2D eigenvalue weighted by atomic mass is 9.82. The number of rotatable bonds is 9. The molecule has 3 fully saturated rings. The fourth-order valence-corrected chi connectivity index (χ4v) is 6.69. The molecule has 15 nitrogen and oxygen atoms in total. The van der Waals surface area contributed by atoms with Crippen LogP contribution in [0.25, 0.3) is 0 Å². The minimum absolute atomic E-state index is 0.121. The first-order valence-electron chi connectivity index (χ1n) is 14.4. The summed E-state index contributed by atoms with van der Waals surface area (Å²) in [5, 5.41) is 29.8. The van der Waals surface area contributed by atoms with Gasteiger partial charge in [0.25, 0.3) is 23.4 Å². The summed E-state index contributed by atoms with van der Waals surface area (Å²) in [5.41, 5.74) is 6.46. The number of amides is 3. The van der Waals surface area contributed by atoms with Gasteiger partial charge in [0.05, 0.1) is 16.7 Å². The molecule has 234 valence electrons. The summed E-state index contributed by atoms with van der Waals surface area (Å²) in [6.45, 7) is 0.264. The van der Waals surface area contributed by atoms with Crippen molar-refractivity contribution in [3.8, 4) is 0 Å². The fraction of sp³-hybridized carbons (Fsp3) is 0.379. The number of carboxylic acids is 1. The van der Waals surface area contributed by atoms with Gasteiger partial charge in [-0.25, -0.2) is 9.78 Å². The van der Waals surface area contributed by atoms with Gasteiger partial charge in [-0.05, 0) is 62.7 Å². The molecule has 0 spiro atoms. The Balaban J connectivity index is 1.19. The molecule has 4 aliphatic rings. The average Bonchev–Trinajstić information content (AvgIpc) is 3.78. The molecule has 0 bridgehead atoms. The van der Waals surface area contributed by atoms with Gasteiger partial charge in [-0.2, -0.15) is 0 Å². The van der Waals surface area contributed by atoms with Gasteiger partial charge in [0, 0.05) is 29.6 Å². The summed E-state index contributed by atoms with van der Waals surface area (Å²) in [4.78, 5) is 75.2. The number of nitro benzene ring substituents is 1. The fourth-order valence-electron chi connectivity index (χ4n) is 6.14. The van der Waals surface area contributed by atoms with Crippen LogP contribution >= 0.6 is 11.3 Å². The first kappa shape index (κ1) is 29.9. The highest BCUT2D eigenvalue weighted by molar-refractivity contribution is 7.13. The summed E-state index contributed by atoms with van der Waals surface area (Å²) >= 11 is 1.13. The van der Waals surface area contributed by atoms with E-state index in [-0.39, 0.29) is 47.0 Å². The van der Waals surface area contributed by atoms with Crippen molar-refractivity contribution in [3.63, 3.8) is 0 Å². The number of carbonyl (C=O) groups excluding carboxylic acids is 3. The van der Waals surface area contributed by atoms with E-state index in [9.17, 15) is 34.4 Å². The molecule has 6 rings (SSSR count). The number of hydrogen-bond acceptors (Lipinski definition) is 11. The van der Waals surface area contributed by atoms with E-state index in [2.05, 4.69) is 15.5 Å². The maximum Gasteiger partial charge on any atom is 0.352 e. The van der Waals surface area contributed by atoms with E-state index in [0.717, 1.165) is 41.9 Å². The Bertz CT molecular complexity index is 1690. The number of fused-ring (bicyclic) bond motifs is 1. The number of β-lactam (4-membered cyclic amide) rings is 1. The molecule has 4 heterocycles. The Hall–Kier alpha value is -5.12. The highest BCUT2D eigenvalue weighted by atomic mass is 32.1. The van der Waals surface area contributed by atoms with Crippen molar-refractivity contribution in [3.05, 3.63) is 68.4 Å². The van der Waals surface area contributed by atoms with Gasteiger partial charge in [-0.3, -0.25) is 29.4 Å². The Kier molecular flexibility index (Phi) is 8.05. The molecule has 3 aliphatic heterocycles. The number of non-ortho nitro benzene ring substituents is 1. The van der Waals surface area contributed by atoms with E-state index in [0.29, 0.717) is 29.7 Å². The molecule has 16 heteroatoms. The summed E-state index contributed by atoms with van der Waals surface area (Å²) in [5.74, 6) is -3.03. The molecule has 0 radical (unpaired) electrons. The number of thiazole rings is 1. The topological polar surface area (TPSA) is 211 Å². The number of aliphatic carboxylic acids is 1. The monoisotopic (exact) mass is 635 g/mol. The van der Waals surface area contributed by atoms with E-state index < -0.39 is 40.7 Å². The second-order valence-electron chi connectivity index (χ2n) is 11.1. The normalized spacial score (nSPS) is 22.9. The highest BCUT2D eigenvalue weighted by Gasteiger charge is 2.53. The maximum absolute atomic E-state index is 13.3. The second kappa shape index (κ2) is 12.1. The van der Waals surface area contributed by atoms with Gasteiger partial charge in [0.2, 0.25) is 0 Å². The van der Waals surface area contributed by atoms with Gasteiger partial charge in [0.1, 0.15) is 23.5 Å². The second-order valence-corrected chi connectivity index (χ2v) is 12.0. The van der Waals surface area contributed by atoms with Crippen molar-refractivity contribution in [2.24, 2.45) is 5.16 Å². The molecular weight excluding hydrogens is 606 g/mol. The lowest BCUT2D eigenvalue weighted by Crippen LogP contribution is -2.72. The number of nitrogen functional groups attached to an aromatic ring is 1. The van der Waals surface area contributed by atoms with Gasteiger partial charge < -0.3 is 25.9 Å². The van der Waals surface area contributed by atoms with Crippen LogP contribution in [0.1, 0.15) is 50.6 Å². The molecule has 2 aromatic rings. The Morgan fingerprint density at radius 1 is 1.22 bits per heavy atom. The molecule has 2 saturated heterocycles. The predicted molar refractivity (Wildman–Crippen MR) is 161 cm³/mol. The van der Waals surface area contributed by atoms with Crippen LogP contribution in [0.15, 0.2) is 57.7 Å². The zero-order valence-electron chi connectivity index (χ0n) is 23.9. The number of carbonyl (C=O) groups is 4. The van der Waals surface area contributed by atoms with E-state index in [4.69, 9.17) is 10.6 Å². The first-order valence-corrected chi connectivity index (χ1v) is 15.3. The number of oxime groups is 1. The van der Waals surface area contributed by atoms with E-state index >= 15 is 0 Å². The van der Waals surface area contributed by atoms with Gasteiger partial charge >= 0.3 is 5.97 Å². The van der Waals surface area contributed by atoms with Crippen molar-refractivity contribution in [1.82, 2.24) is 15.2 Å². The van der Waals surface area contributed by atoms with Crippen LogP contribution in [-0.4, -0.2) is 74.0 Å².